The van der Waals surface area contributed by atoms with E-state index in [2.05, 4.69) is 79.3 Å². The number of piperidine rings is 1. The normalized spacial score (nSPS) is 28.6. The Morgan fingerprint density at radius 3 is 1.07 bits per heavy atom. The Kier molecular flexibility index (Phi) is 10.8. The van der Waals surface area contributed by atoms with Gasteiger partial charge in [-0.25, -0.2) is 0 Å². The van der Waals surface area contributed by atoms with Crippen LogP contribution >= 0.6 is 0 Å². The lowest BCUT2D eigenvalue weighted by Gasteiger charge is -2.43. The van der Waals surface area contributed by atoms with Crippen LogP contribution in [0.25, 0.3) is 0 Å². The molecule has 4 aliphatic rings. The summed E-state index contributed by atoms with van der Waals surface area (Å²) in [6.07, 6.45) is 5.19. The first-order chi connectivity index (χ1) is 13.6. The molecule has 0 unspecified atom stereocenters. The van der Waals surface area contributed by atoms with E-state index in [0.717, 1.165) is 26.4 Å². The van der Waals surface area contributed by atoms with Gasteiger partial charge in [0, 0.05) is 31.7 Å². The van der Waals surface area contributed by atoms with Crippen molar-refractivity contribution >= 4 is 0 Å². The summed E-state index contributed by atoms with van der Waals surface area (Å²) in [7, 11) is 4.36. The third-order valence-electron chi connectivity index (χ3n) is 6.57. The molecule has 0 spiro atoms. The van der Waals surface area contributed by atoms with E-state index in [1.165, 1.54) is 51.9 Å². The smallest absolute Gasteiger partial charge is 0.0539 e. The predicted molar refractivity (Wildman–Crippen MR) is 130 cm³/mol. The molecule has 4 rings (SSSR count). The standard InChI is InChI=1S/C8H17N.C7H14O.C6H13N.C5H10O/c1-8(2)4-6-9(3)7-5-8;1-7(2)3-5-8-6-4-7;1-6(2)4-7(3)5-6;1-5(2)3-6-4-5/h4-7H2,1-3H3;3-6H2,1-2H3;4-5H2,1-3H3;3-4H2,1-2H3. The predicted octanol–water partition coefficient (Wildman–Crippen LogP) is 5.56. The van der Waals surface area contributed by atoms with Crippen LogP contribution in [0, 0.1) is 21.7 Å². The first-order valence-electron chi connectivity index (χ1n) is 12.1. The fourth-order valence-corrected chi connectivity index (χ4v) is 4.07. The van der Waals surface area contributed by atoms with Gasteiger partial charge < -0.3 is 19.3 Å². The number of hydrogen-bond acceptors (Lipinski definition) is 4. The minimum Gasteiger partial charge on any atom is -0.381 e. The Balaban J connectivity index is 0.000000202. The first kappa shape index (κ1) is 27.9. The van der Waals surface area contributed by atoms with E-state index in [1.54, 1.807) is 0 Å². The van der Waals surface area contributed by atoms with Gasteiger partial charge in [0.2, 0.25) is 0 Å². The molecule has 0 saturated carbocycles. The number of nitrogens with zero attached hydrogens (tertiary/aromatic N) is 2. The molecular formula is C26H54N2O2. The van der Waals surface area contributed by atoms with Crippen molar-refractivity contribution in [1.29, 1.82) is 0 Å². The minimum atomic E-state index is 0.500. The molecule has 0 N–H and O–H groups in total. The molecule has 4 nitrogen and oxygen atoms in total. The summed E-state index contributed by atoms with van der Waals surface area (Å²) in [5.41, 5.74) is 2.29. The summed E-state index contributed by atoms with van der Waals surface area (Å²) in [5.74, 6) is 0. The Hall–Kier alpha value is -0.160. The molecule has 0 amide bonds. The molecule has 180 valence electrons. The maximum Gasteiger partial charge on any atom is 0.0539 e. The molecule has 0 atom stereocenters. The van der Waals surface area contributed by atoms with Crippen LogP contribution in [0.1, 0.15) is 81.1 Å². The second-order valence-corrected chi connectivity index (χ2v) is 13.2. The summed E-state index contributed by atoms with van der Waals surface area (Å²) >= 11 is 0. The molecule has 4 heteroatoms. The third-order valence-corrected chi connectivity index (χ3v) is 6.57. The summed E-state index contributed by atoms with van der Waals surface area (Å²) in [6.45, 7) is 27.3. The van der Waals surface area contributed by atoms with Crippen molar-refractivity contribution in [3.05, 3.63) is 0 Å². The molecule has 4 fully saturated rings. The van der Waals surface area contributed by atoms with Crippen molar-refractivity contribution in [1.82, 2.24) is 9.80 Å². The first-order valence-corrected chi connectivity index (χ1v) is 12.1. The molecule has 0 aromatic carbocycles. The molecule has 4 aliphatic heterocycles. The zero-order chi connectivity index (χ0) is 23.1. The summed E-state index contributed by atoms with van der Waals surface area (Å²) in [6, 6.07) is 0. The lowest BCUT2D eigenvalue weighted by atomic mass is 9.83. The van der Waals surface area contributed by atoms with Gasteiger partial charge in [-0.2, -0.15) is 0 Å². The Labute approximate surface area is 189 Å². The number of ether oxygens (including phenoxy) is 2. The average Bonchev–Trinajstić information content (AvgIpc) is 2.56. The Morgan fingerprint density at radius 2 is 0.900 bits per heavy atom. The van der Waals surface area contributed by atoms with Gasteiger partial charge >= 0.3 is 0 Å². The van der Waals surface area contributed by atoms with E-state index in [9.17, 15) is 0 Å². The number of hydrogen-bond donors (Lipinski definition) is 0. The van der Waals surface area contributed by atoms with Crippen LogP contribution < -0.4 is 0 Å². The van der Waals surface area contributed by atoms with E-state index >= 15 is 0 Å². The molecule has 30 heavy (non-hydrogen) atoms. The van der Waals surface area contributed by atoms with Crippen LogP contribution in [0.4, 0.5) is 0 Å². The van der Waals surface area contributed by atoms with Crippen molar-refractivity contribution in [2.45, 2.75) is 81.1 Å². The van der Waals surface area contributed by atoms with E-state index in [4.69, 9.17) is 9.47 Å². The third kappa shape index (κ3) is 12.6. The van der Waals surface area contributed by atoms with Gasteiger partial charge in [-0.15, -0.1) is 0 Å². The molecule has 4 saturated heterocycles. The quantitative estimate of drug-likeness (QED) is 0.506. The lowest BCUT2D eigenvalue weighted by Crippen LogP contribution is -2.50. The maximum absolute atomic E-state index is 5.21. The van der Waals surface area contributed by atoms with Crippen LogP contribution in [0.5, 0.6) is 0 Å². The highest BCUT2D eigenvalue weighted by Gasteiger charge is 2.30. The van der Waals surface area contributed by atoms with Crippen LogP contribution in [-0.2, 0) is 9.47 Å². The zero-order valence-electron chi connectivity index (χ0n) is 22.2. The van der Waals surface area contributed by atoms with Gasteiger partial charge in [0.1, 0.15) is 0 Å². The monoisotopic (exact) mass is 426 g/mol. The fourth-order valence-electron chi connectivity index (χ4n) is 4.07. The second kappa shape index (κ2) is 11.6. The van der Waals surface area contributed by atoms with Crippen molar-refractivity contribution < 1.29 is 9.47 Å². The largest absolute Gasteiger partial charge is 0.381 e. The summed E-state index contributed by atoms with van der Waals surface area (Å²) < 4.78 is 10.1. The van der Waals surface area contributed by atoms with Crippen LogP contribution in [-0.4, -0.2) is 76.5 Å². The van der Waals surface area contributed by atoms with Crippen LogP contribution in [0.2, 0.25) is 0 Å². The molecule has 0 bridgehead atoms. The zero-order valence-corrected chi connectivity index (χ0v) is 22.2. The van der Waals surface area contributed by atoms with Crippen molar-refractivity contribution in [2.24, 2.45) is 21.7 Å². The van der Waals surface area contributed by atoms with E-state index < -0.39 is 0 Å². The average molecular weight is 427 g/mol. The lowest BCUT2D eigenvalue weighted by molar-refractivity contribution is -0.0892. The number of likely N-dealkylation sites (tertiary alicyclic amines) is 2. The molecule has 0 aromatic heterocycles. The van der Waals surface area contributed by atoms with E-state index in [1.807, 2.05) is 0 Å². The SMILES string of the molecule is CC1(C)CCOCC1.CC1(C)COC1.CN1CC(C)(C)C1.CN1CCC(C)(C)CC1. The summed E-state index contributed by atoms with van der Waals surface area (Å²) in [4.78, 5) is 4.74. The van der Waals surface area contributed by atoms with Gasteiger partial charge in [0.25, 0.3) is 0 Å². The molecule has 0 aliphatic carbocycles. The molecule has 4 heterocycles. The Morgan fingerprint density at radius 1 is 0.500 bits per heavy atom. The maximum atomic E-state index is 5.21. The number of rotatable bonds is 0. The molecule has 0 aromatic rings. The Bertz CT molecular complexity index is 453. The van der Waals surface area contributed by atoms with Crippen molar-refractivity contribution in [2.75, 3.05) is 66.7 Å². The second-order valence-electron chi connectivity index (χ2n) is 13.2. The fraction of sp³-hybridized carbons (Fsp3) is 1.00. The van der Waals surface area contributed by atoms with Gasteiger partial charge in [-0.3, -0.25) is 0 Å². The van der Waals surface area contributed by atoms with Crippen molar-refractivity contribution in [3.63, 3.8) is 0 Å². The van der Waals surface area contributed by atoms with Gasteiger partial charge in [0.15, 0.2) is 0 Å². The van der Waals surface area contributed by atoms with Gasteiger partial charge in [-0.1, -0.05) is 55.4 Å². The topological polar surface area (TPSA) is 24.9 Å². The molecule has 0 radical (unpaired) electrons. The van der Waals surface area contributed by atoms with Crippen LogP contribution in [0.3, 0.4) is 0 Å². The van der Waals surface area contributed by atoms with Gasteiger partial charge in [0.05, 0.1) is 13.2 Å². The summed E-state index contributed by atoms with van der Waals surface area (Å²) in [5, 5.41) is 0. The highest BCUT2D eigenvalue weighted by atomic mass is 16.5. The van der Waals surface area contributed by atoms with Crippen LogP contribution in [0.15, 0.2) is 0 Å². The minimum absolute atomic E-state index is 0.500. The highest BCUT2D eigenvalue weighted by molar-refractivity contribution is 4.84. The van der Waals surface area contributed by atoms with Crippen molar-refractivity contribution in [3.8, 4) is 0 Å². The molecular weight excluding hydrogens is 372 g/mol. The highest BCUT2D eigenvalue weighted by Crippen LogP contribution is 2.29. The van der Waals surface area contributed by atoms with E-state index in [0.29, 0.717) is 21.7 Å². The van der Waals surface area contributed by atoms with Gasteiger partial charge in [-0.05, 0) is 69.1 Å². The van der Waals surface area contributed by atoms with E-state index in [-0.39, 0.29) is 0 Å².